The first-order valence-electron chi connectivity index (χ1n) is 8.12. The quantitative estimate of drug-likeness (QED) is 0.537. The Morgan fingerprint density at radius 1 is 1.30 bits per heavy atom. The maximum Gasteiger partial charge on any atom is 0.0739 e. The summed E-state index contributed by atoms with van der Waals surface area (Å²) in [6.45, 7) is 2.60. The Hall–Kier alpha value is -0.0951. The van der Waals surface area contributed by atoms with Crippen LogP contribution < -0.4 is 5.32 Å². The van der Waals surface area contributed by atoms with E-state index in [1.54, 1.807) is 0 Å². The monoisotopic (exact) mass is 279 g/mol. The van der Waals surface area contributed by atoms with E-state index in [0.717, 1.165) is 32.0 Å². The molecule has 4 nitrogen and oxygen atoms in total. The lowest BCUT2D eigenvalue weighted by molar-refractivity contribution is -0.0648. The third-order valence-corrected chi connectivity index (χ3v) is 5.00. The summed E-state index contributed by atoms with van der Waals surface area (Å²) in [6, 6.07) is 0.721. The van der Waals surface area contributed by atoms with Crippen molar-refractivity contribution in [2.45, 2.75) is 56.2 Å². The molecule has 20 heavy (non-hydrogen) atoms. The predicted molar refractivity (Wildman–Crippen MR) is 77.9 cm³/mol. The Bertz CT molecular complexity index is 313. The molecule has 3 aliphatic rings. The van der Waals surface area contributed by atoms with E-state index < -0.39 is 0 Å². The minimum absolute atomic E-state index is 0.0860. The van der Waals surface area contributed by atoms with E-state index in [1.807, 2.05) is 0 Å². The smallest absolute Gasteiger partial charge is 0.0739 e. The molecule has 112 valence electrons. The highest BCUT2D eigenvalue weighted by Gasteiger charge is 2.45. The van der Waals surface area contributed by atoms with Crippen molar-refractivity contribution in [1.82, 2.24) is 5.32 Å². The molecule has 1 aliphatic heterocycles. The summed E-state index contributed by atoms with van der Waals surface area (Å²) in [5.74, 6) is 0.970. The van der Waals surface area contributed by atoms with Crippen LogP contribution in [0.1, 0.15) is 32.1 Å². The Kier molecular flexibility index (Phi) is 5.02. The Morgan fingerprint density at radius 3 is 2.90 bits per heavy atom. The van der Waals surface area contributed by atoms with Gasteiger partial charge in [0.25, 0.3) is 0 Å². The van der Waals surface area contributed by atoms with Crippen LogP contribution in [0.3, 0.4) is 0 Å². The van der Waals surface area contributed by atoms with Gasteiger partial charge in [-0.3, -0.25) is 0 Å². The third kappa shape index (κ3) is 3.38. The van der Waals surface area contributed by atoms with Crippen molar-refractivity contribution in [2.24, 2.45) is 11.8 Å². The van der Waals surface area contributed by atoms with E-state index in [1.165, 1.54) is 12.8 Å². The fraction of sp³-hybridized carbons (Fsp3) is 1.00. The fourth-order valence-corrected chi connectivity index (χ4v) is 3.64. The standard InChI is InChI=1S/C15H26BNO3/c16-14-10(9-17-11-2-3-11)8-13-12(4-7-19-13)15(14)20-6-1-5-18/h10-15,17-18H,1-9H2. The maximum absolute atomic E-state index is 8.91. The highest BCUT2D eigenvalue weighted by molar-refractivity contribution is 6.12. The molecule has 3 rings (SSSR count). The second-order valence-electron chi connectivity index (χ2n) is 6.53. The summed E-state index contributed by atoms with van der Waals surface area (Å²) < 4.78 is 11.9. The number of hydrogen-bond acceptors (Lipinski definition) is 4. The first kappa shape index (κ1) is 14.8. The SMILES string of the molecule is [B]C1C(CNC2CC2)CC2OCCC2C1OCCCO. The second kappa shape index (κ2) is 6.78. The number of fused-ring (bicyclic) bond motifs is 1. The lowest BCUT2D eigenvalue weighted by atomic mass is 9.61. The number of aliphatic hydroxyl groups excluding tert-OH is 1. The van der Waals surface area contributed by atoms with Crippen LogP contribution in [0.25, 0.3) is 0 Å². The van der Waals surface area contributed by atoms with E-state index >= 15 is 0 Å². The zero-order valence-electron chi connectivity index (χ0n) is 12.2. The number of hydrogen-bond donors (Lipinski definition) is 2. The first-order chi connectivity index (χ1) is 9.79. The molecule has 2 radical (unpaired) electrons. The molecule has 2 aliphatic carbocycles. The zero-order chi connectivity index (χ0) is 13.9. The zero-order valence-corrected chi connectivity index (χ0v) is 12.2. The molecule has 0 aromatic carbocycles. The Morgan fingerprint density at radius 2 is 2.15 bits per heavy atom. The summed E-state index contributed by atoms with van der Waals surface area (Å²) in [5.41, 5.74) is 0. The molecule has 0 aromatic rings. The molecule has 2 N–H and O–H groups in total. The van der Waals surface area contributed by atoms with Gasteiger partial charge in [0.15, 0.2) is 0 Å². The van der Waals surface area contributed by atoms with Gasteiger partial charge in [0, 0.05) is 31.8 Å². The molecule has 5 atom stereocenters. The highest BCUT2D eigenvalue weighted by Crippen LogP contribution is 2.44. The van der Waals surface area contributed by atoms with Crippen LogP contribution >= 0.6 is 0 Å². The molecular formula is C15H26BNO3. The molecule has 3 fully saturated rings. The second-order valence-corrected chi connectivity index (χ2v) is 6.53. The van der Waals surface area contributed by atoms with Gasteiger partial charge in [-0.25, -0.2) is 0 Å². The highest BCUT2D eigenvalue weighted by atomic mass is 16.5. The Labute approximate surface area is 123 Å². The van der Waals surface area contributed by atoms with Crippen molar-refractivity contribution in [3.05, 3.63) is 0 Å². The number of ether oxygens (including phenoxy) is 2. The van der Waals surface area contributed by atoms with Crippen molar-refractivity contribution in [3.63, 3.8) is 0 Å². The molecular weight excluding hydrogens is 253 g/mol. The normalized spacial score (nSPS) is 40.8. The van der Waals surface area contributed by atoms with E-state index in [4.69, 9.17) is 22.4 Å². The van der Waals surface area contributed by atoms with Crippen molar-refractivity contribution in [2.75, 3.05) is 26.4 Å². The van der Waals surface area contributed by atoms with Crippen LogP contribution in [0, 0.1) is 11.8 Å². The summed E-state index contributed by atoms with van der Waals surface area (Å²) in [7, 11) is 6.49. The lowest BCUT2D eigenvalue weighted by Crippen LogP contribution is -2.46. The summed E-state index contributed by atoms with van der Waals surface area (Å²) in [6.07, 6.45) is 5.83. The van der Waals surface area contributed by atoms with Gasteiger partial charge >= 0.3 is 0 Å². The van der Waals surface area contributed by atoms with Crippen molar-refractivity contribution in [3.8, 4) is 0 Å². The Balaban J connectivity index is 1.58. The molecule has 5 unspecified atom stereocenters. The van der Waals surface area contributed by atoms with Crippen molar-refractivity contribution < 1.29 is 14.6 Å². The van der Waals surface area contributed by atoms with Gasteiger partial charge in [0.05, 0.1) is 20.1 Å². The van der Waals surface area contributed by atoms with Crippen LogP contribution in [0.2, 0.25) is 5.82 Å². The van der Waals surface area contributed by atoms with Gasteiger partial charge in [-0.15, -0.1) is 0 Å². The van der Waals surface area contributed by atoms with Crippen LogP contribution in [0.15, 0.2) is 0 Å². The molecule has 2 saturated carbocycles. The molecule has 0 bridgehead atoms. The number of nitrogens with one attached hydrogen (secondary N) is 1. The van der Waals surface area contributed by atoms with Gasteiger partial charge in [-0.2, -0.15) is 0 Å². The largest absolute Gasteiger partial charge is 0.396 e. The fourth-order valence-electron chi connectivity index (χ4n) is 3.64. The van der Waals surface area contributed by atoms with Gasteiger partial charge in [0.1, 0.15) is 0 Å². The molecule has 1 heterocycles. The van der Waals surface area contributed by atoms with E-state index in [9.17, 15) is 0 Å². The maximum atomic E-state index is 8.91. The summed E-state index contributed by atoms with van der Waals surface area (Å²) in [5, 5.41) is 12.5. The van der Waals surface area contributed by atoms with Crippen LogP contribution in [0.5, 0.6) is 0 Å². The van der Waals surface area contributed by atoms with Crippen LogP contribution in [0.4, 0.5) is 0 Å². The average molecular weight is 279 g/mol. The lowest BCUT2D eigenvalue weighted by Gasteiger charge is -2.43. The molecule has 1 saturated heterocycles. The molecule has 0 spiro atoms. The number of rotatable bonds is 7. The van der Waals surface area contributed by atoms with Crippen molar-refractivity contribution >= 4 is 7.85 Å². The number of aliphatic hydroxyl groups is 1. The predicted octanol–water partition coefficient (Wildman–Crippen LogP) is 0.888. The molecule has 0 amide bonds. The van der Waals surface area contributed by atoms with Crippen molar-refractivity contribution in [1.29, 1.82) is 0 Å². The molecule has 5 heteroatoms. The summed E-state index contributed by atoms with van der Waals surface area (Å²) >= 11 is 0. The minimum atomic E-state index is 0.0860. The van der Waals surface area contributed by atoms with Crippen LogP contribution in [-0.4, -0.2) is 57.6 Å². The van der Waals surface area contributed by atoms with E-state index in [-0.39, 0.29) is 18.5 Å². The summed E-state index contributed by atoms with van der Waals surface area (Å²) in [4.78, 5) is 0. The van der Waals surface area contributed by atoms with E-state index in [0.29, 0.717) is 31.0 Å². The van der Waals surface area contributed by atoms with Gasteiger partial charge in [-0.05, 0) is 50.4 Å². The minimum Gasteiger partial charge on any atom is -0.396 e. The molecule has 0 aromatic heterocycles. The van der Waals surface area contributed by atoms with Crippen LogP contribution in [-0.2, 0) is 9.47 Å². The average Bonchev–Trinajstić information content (AvgIpc) is 3.16. The first-order valence-corrected chi connectivity index (χ1v) is 8.12. The van der Waals surface area contributed by atoms with Gasteiger partial charge in [0.2, 0.25) is 0 Å². The van der Waals surface area contributed by atoms with Gasteiger partial charge in [-0.1, -0.05) is 0 Å². The van der Waals surface area contributed by atoms with E-state index in [2.05, 4.69) is 5.32 Å². The topological polar surface area (TPSA) is 50.7 Å². The van der Waals surface area contributed by atoms with Gasteiger partial charge < -0.3 is 19.9 Å². The third-order valence-electron chi connectivity index (χ3n) is 5.00.